The SMILES string of the molecule is [C-]#[N+]c1cc(-c2c3ccccc3nc[n+]2C)c(C)c(-[n+]2c(C)ccc3ccccc32)c1. The Kier molecular flexibility index (Phi) is 4.45. The van der Waals surface area contributed by atoms with E-state index in [1.165, 1.54) is 5.39 Å². The number of fused-ring (bicyclic) bond motifs is 2. The van der Waals surface area contributed by atoms with E-state index in [9.17, 15) is 0 Å². The molecule has 0 spiro atoms. The van der Waals surface area contributed by atoms with Crippen LogP contribution in [0, 0.1) is 20.4 Å². The Bertz CT molecular complexity index is 1420. The minimum atomic E-state index is 0.622. The van der Waals surface area contributed by atoms with Crippen molar-refractivity contribution in [3.8, 4) is 16.9 Å². The lowest BCUT2D eigenvalue weighted by atomic mass is 9.98. The van der Waals surface area contributed by atoms with Gasteiger partial charge in [0.05, 0.1) is 19.0 Å². The molecule has 31 heavy (non-hydrogen) atoms. The molecule has 0 bridgehead atoms. The first kappa shape index (κ1) is 18.9. The summed E-state index contributed by atoms with van der Waals surface area (Å²) in [5.41, 5.74) is 8.08. The lowest BCUT2D eigenvalue weighted by molar-refractivity contribution is -0.662. The van der Waals surface area contributed by atoms with Gasteiger partial charge in [-0.15, -0.1) is 0 Å². The summed E-state index contributed by atoms with van der Waals surface area (Å²) in [5.74, 6) is 0. The highest BCUT2D eigenvalue weighted by atomic mass is 15.0. The first-order chi connectivity index (χ1) is 15.1. The van der Waals surface area contributed by atoms with Gasteiger partial charge < -0.3 is 0 Å². The van der Waals surface area contributed by atoms with Crippen LogP contribution in [0.15, 0.2) is 79.1 Å². The van der Waals surface area contributed by atoms with E-state index >= 15 is 0 Å². The molecule has 4 nitrogen and oxygen atoms in total. The third-order valence-electron chi connectivity index (χ3n) is 5.91. The van der Waals surface area contributed by atoms with E-state index in [1.54, 1.807) is 0 Å². The summed E-state index contributed by atoms with van der Waals surface area (Å²) >= 11 is 0. The molecule has 0 aliphatic rings. The van der Waals surface area contributed by atoms with Crippen LogP contribution in [-0.2, 0) is 7.05 Å². The van der Waals surface area contributed by atoms with E-state index in [-0.39, 0.29) is 0 Å². The Labute approximate surface area is 181 Å². The van der Waals surface area contributed by atoms with E-state index in [1.807, 2.05) is 48.3 Å². The summed E-state index contributed by atoms with van der Waals surface area (Å²) in [6, 6.07) is 24.8. The van der Waals surface area contributed by atoms with Gasteiger partial charge in [0.15, 0.2) is 16.9 Å². The van der Waals surface area contributed by atoms with Crippen LogP contribution in [0.25, 0.3) is 43.6 Å². The molecule has 0 aliphatic heterocycles. The molecule has 2 heterocycles. The Morgan fingerprint density at radius 1 is 0.903 bits per heavy atom. The van der Waals surface area contributed by atoms with Crippen molar-refractivity contribution in [2.75, 3.05) is 0 Å². The predicted molar refractivity (Wildman–Crippen MR) is 123 cm³/mol. The minimum Gasteiger partial charge on any atom is -0.238 e. The van der Waals surface area contributed by atoms with Gasteiger partial charge in [0.1, 0.15) is 5.69 Å². The maximum Gasteiger partial charge on any atom is 0.287 e. The van der Waals surface area contributed by atoms with Crippen molar-refractivity contribution >= 4 is 27.5 Å². The summed E-state index contributed by atoms with van der Waals surface area (Å²) in [5, 5.41) is 2.24. The highest BCUT2D eigenvalue weighted by Crippen LogP contribution is 2.33. The number of aromatic nitrogens is 3. The van der Waals surface area contributed by atoms with Gasteiger partial charge in [-0.1, -0.05) is 24.3 Å². The summed E-state index contributed by atoms with van der Waals surface area (Å²) in [6.07, 6.45) is 1.84. The predicted octanol–water partition coefficient (Wildman–Crippen LogP) is 5.32. The zero-order valence-electron chi connectivity index (χ0n) is 17.8. The molecule has 0 radical (unpaired) electrons. The number of rotatable bonds is 2. The number of pyridine rings is 1. The van der Waals surface area contributed by atoms with Gasteiger partial charge in [0, 0.05) is 41.6 Å². The smallest absolute Gasteiger partial charge is 0.238 e. The fraction of sp³-hybridized carbons (Fsp3) is 0.111. The van der Waals surface area contributed by atoms with Crippen molar-refractivity contribution in [2.24, 2.45) is 7.05 Å². The van der Waals surface area contributed by atoms with Crippen molar-refractivity contribution in [1.29, 1.82) is 0 Å². The van der Waals surface area contributed by atoms with Crippen LogP contribution in [0.5, 0.6) is 0 Å². The number of benzene rings is 3. The third-order valence-corrected chi connectivity index (χ3v) is 5.91. The molecule has 0 fully saturated rings. The fourth-order valence-corrected chi connectivity index (χ4v) is 4.37. The number of para-hydroxylation sites is 2. The van der Waals surface area contributed by atoms with Gasteiger partial charge in [-0.25, -0.2) is 9.41 Å². The topological polar surface area (TPSA) is 25.0 Å². The lowest BCUT2D eigenvalue weighted by Gasteiger charge is -2.13. The van der Waals surface area contributed by atoms with Crippen LogP contribution in [0.3, 0.4) is 0 Å². The van der Waals surface area contributed by atoms with Gasteiger partial charge in [-0.3, -0.25) is 0 Å². The van der Waals surface area contributed by atoms with E-state index in [4.69, 9.17) is 6.57 Å². The molecule has 0 saturated heterocycles. The molecule has 148 valence electrons. The molecule has 0 N–H and O–H groups in total. The molecule has 0 unspecified atom stereocenters. The second-order valence-corrected chi connectivity index (χ2v) is 7.84. The second-order valence-electron chi connectivity index (χ2n) is 7.84. The highest BCUT2D eigenvalue weighted by Gasteiger charge is 2.25. The Morgan fingerprint density at radius 3 is 2.52 bits per heavy atom. The van der Waals surface area contributed by atoms with Gasteiger partial charge in [0.2, 0.25) is 11.2 Å². The fourth-order valence-electron chi connectivity index (χ4n) is 4.37. The highest BCUT2D eigenvalue weighted by molar-refractivity contribution is 5.92. The summed E-state index contributed by atoms with van der Waals surface area (Å²) in [6.45, 7) is 12.0. The molecule has 0 saturated carbocycles. The van der Waals surface area contributed by atoms with Crippen LogP contribution in [0.1, 0.15) is 11.3 Å². The zero-order chi connectivity index (χ0) is 21.5. The van der Waals surface area contributed by atoms with Crippen molar-refractivity contribution in [2.45, 2.75) is 13.8 Å². The van der Waals surface area contributed by atoms with E-state index in [0.29, 0.717) is 5.69 Å². The average molecular weight is 403 g/mol. The van der Waals surface area contributed by atoms with E-state index in [2.05, 4.69) is 70.7 Å². The van der Waals surface area contributed by atoms with Crippen molar-refractivity contribution in [3.05, 3.63) is 102 Å². The standard InChI is InChI=1S/C27H22N4/c1-18-13-14-20-9-5-8-12-25(20)31(18)26-16-21(28-3)15-23(19(26)2)27-22-10-6-7-11-24(22)29-17-30(27)4/h5-17H,1-2,4H3/q+2. The first-order valence-corrected chi connectivity index (χ1v) is 10.2. The monoisotopic (exact) mass is 402 g/mol. The molecule has 5 rings (SSSR count). The average Bonchev–Trinajstić information content (AvgIpc) is 2.80. The maximum atomic E-state index is 7.76. The van der Waals surface area contributed by atoms with Gasteiger partial charge in [-0.05, 0) is 42.2 Å². The number of nitrogens with zero attached hydrogens (tertiary/aromatic N) is 4. The molecule has 0 aliphatic carbocycles. The quantitative estimate of drug-likeness (QED) is 0.290. The summed E-state index contributed by atoms with van der Waals surface area (Å²) < 4.78 is 4.30. The Balaban J connectivity index is 1.90. The molecular formula is C27H22N4+2. The first-order valence-electron chi connectivity index (χ1n) is 10.2. The molecular weight excluding hydrogens is 380 g/mol. The van der Waals surface area contributed by atoms with E-state index < -0.39 is 0 Å². The largest absolute Gasteiger partial charge is 0.287 e. The van der Waals surface area contributed by atoms with Crippen LogP contribution >= 0.6 is 0 Å². The maximum absolute atomic E-state index is 7.76. The van der Waals surface area contributed by atoms with Crippen LogP contribution < -0.4 is 9.13 Å². The van der Waals surface area contributed by atoms with Gasteiger partial charge in [-0.2, -0.15) is 4.57 Å². The molecule has 5 aromatic rings. The van der Waals surface area contributed by atoms with Gasteiger partial charge in [0.25, 0.3) is 6.33 Å². The van der Waals surface area contributed by atoms with Crippen LogP contribution in [0.2, 0.25) is 0 Å². The third kappa shape index (κ3) is 3.03. The zero-order valence-corrected chi connectivity index (χ0v) is 17.8. The molecule has 2 aromatic heterocycles. The minimum absolute atomic E-state index is 0.622. The lowest BCUT2D eigenvalue weighted by Crippen LogP contribution is -2.37. The van der Waals surface area contributed by atoms with Crippen molar-refractivity contribution in [3.63, 3.8) is 0 Å². The number of aryl methyl sites for hydroxylation is 2. The van der Waals surface area contributed by atoms with Crippen molar-refractivity contribution < 1.29 is 9.13 Å². The Hall–Kier alpha value is -4.10. The number of hydrogen-bond acceptors (Lipinski definition) is 1. The van der Waals surface area contributed by atoms with Gasteiger partial charge >= 0.3 is 0 Å². The summed E-state index contributed by atoms with van der Waals surface area (Å²) in [4.78, 5) is 8.39. The molecule has 4 heteroatoms. The van der Waals surface area contributed by atoms with Crippen LogP contribution in [-0.4, -0.2) is 4.98 Å². The van der Waals surface area contributed by atoms with Crippen LogP contribution in [0.4, 0.5) is 5.69 Å². The van der Waals surface area contributed by atoms with Crippen molar-refractivity contribution in [1.82, 2.24) is 4.98 Å². The summed E-state index contributed by atoms with van der Waals surface area (Å²) in [7, 11) is 2.01. The molecule has 3 aromatic carbocycles. The normalized spacial score (nSPS) is 11.0. The second kappa shape index (κ2) is 7.30. The molecule has 0 atom stereocenters. The van der Waals surface area contributed by atoms with E-state index in [0.717, 1.165) is 44.6 Å². The number of hydrogen-bond donors (Lipinski definition) is 0. The molecule has 0 amide bonds. The Morgan fingerprint density at radius 2 is 1.68 bits per heavy atom.